The summed E-state index contributed by atoms with van der Waals surface area (Å²) in [6.07, 6.45) is 0. The predicted molar refractivity (Wildman–Crippen MR) is 69.7 cm³/mol. The van der Waals surface area contributed by atoms with Gasteiger partial charge in [0.2, 0.25) is 0 Å². The zero-order chi connectivity index (χ0) is 14.0. The molecule has 2 rings (SSSR count). The zero-order valence-corrected chi connectivity index (χ0v) is 10.7. The number of nitrogens with zero attached hydrogens (tertiary/aromatic N) is 1. The lowest BCUT2D eigenvalue weighted by molar-refractivity contribution is 0.0690. The Morgan fingerprint density at radius 3 is 2.74 bits per heavy atom. The lowest BCUT2D eigenvalue weighted by Gasteiger charge is -2.05. The number of nitrogens with one attached hydrogen (secondary N) is 2. The third-order valence-corrected chi connectivity index (χ3v) is 2.73. The number of carbonyl (C=O) groups is 2. The first-order valence-corrected chi connectivity index (χ1v) is 5.71. The van der Waals surface area contributed by atoms with E-state index in [1.54, 1.807) is 19.1 Å². The van der Waals surface area contributed by atoms with Gasteiger partial charge in [-0.2, -0.15) is 5.10 Å². The number of benzene rings is 1. The van der Waals surface area contributed by atoms with Gasteiger partial charge in [0, 0.05) is 16.7 Å². The normalized spacial score (nSPS) is 10.2. The standard InChI is InChI=1S/C12H10ClN3O3/c1-6-2-3-7(13)4-8(6)11(17)14-10-5-9(12(18)19)15-16-10/h2-5H,1H3,(H,18,19)(H2,14,15,16,17). The fourth-order valence-corrected chi connectivity index (χ4v) is 1.69. The van der Waals surface area contributed by atoms with E-state index in [1.165, 1.54) is 12.1 Å². The maximum atomic E-state index is 12.0. The summed E-state index contributed by atoms with van der Waals surface area (Å²) in [4.78, 5) is 22.7. The van der Waals surface area contributed by atoms with Gasteiger partial charge in [-0.25, -0.2) is 4.79 Å². The largest absolute Gasteiger partial charge is 0.477 e. The Labute approximate surface area is 113 Å². The monoisotopic (exact) mass is 279 g/mol. The second-order valence-corrected chi connectivity index (χ2v) is 4.32. The number of carbonyl (C=O) groups excluding carboxylic acids is 1. The van der Waals surface area contributed by atoms with Crippen molar-refractivity contribution >= 4 is 29.3 Å². The van der Waals surface area contributed by atoms with Crippen molar-refractivity contribution in [2.24, 2.45) is 0 Å². The molecular weight excluding hydrogens is 270 g/mol. The van der Waals surface area contributed by atoms with Crippen LogP contribution in [0.25, 0.3) is 0 Å². The zero-order valence-electron chi connectivity index (χ0n) is 9.90. The number of aryl methyl sites for hydroxylation is 1. The molecule has 1 amide bonds. The second kappa shape index (κ2) is 5.11. The Hall–Kier alpha value is -2.34. The Bertz CT molecular complexity index is 651. The van der Waals surface area contributed by atoms with E-state index in [-0.39, 0.29) is 11.5 Å². The van der Waals surface area contributed by atoms with E-state index >= 15 is 0 Å². The van der Waals surface area contributed by atoms with Crippen molar-refractivity contribution in [2.45, 2.75) is 6.92 Å². The van der Waals surface area contributed by atoms with Crippen LogP contribution in [0.3, 0.4) is 0 Å². The van der Waals surface area contributed by atoms with E-state index in [2.05, 4.69) is 15.5 Å². The van der Waals surface area contributed by atoms with Crippen LogP contribution in [-0.4, -0.2) is 27.2 Å². The molecule has 1 aromatic carbocycles. The van der Waals surface area contributed by atoms with Gasteiger partial charge < -0.3 is 10.4 Å². The van der Waals surface area contributed by atoms with Gasteiger partial charge in [-0.1, -0.05) is 17.7 Å². The van der Waals surface area contributed by atoms with Gasteiger partial charge in [0.15, 0.2) is 5.82 Å². The van der Waals surface area contributed by atoms with Crippen LogP contribution in [0.5, 0.6) is 0 Å². The first kappa shape index (κ1) is 13.1. The molecule has 0 bridgehead atoms. The number of hydrogen-bond acceptors (Lipinski definition) is 3. The number of hydrogen-bond donors (Lipinski definition) is 3. The number of H-pyrrole nitrogens is 1. The average molecular weight is 280 g/mol. The summed E-state index contributed by atoms with van der Waals surface area (Å²) in [5, 5.41) is 17.7. The van der Waals surface area contributed by atoms with Crippen molar-refractivity contribution in [3.05, 3.63) is 46.1 Å². The van der Waals surface area contributed by atoms with E-state index < -0.39 is 11.9 Å². The van der Waals surface area contributed by atoms with Gasteiger partial charge in [-0.3, -0.25) is 9.89 Å². The molecule has 1 aromatic heterocycles. The number of anilines is 1. The number of rotatable bonds is 3. The first-order chi connectivity index (χ1) is 8.97. The molecule has 2 aromatic rings. The van der Waals surface area contributed by atoms with E-state index in [0.29, 0.717) is 10.6 Å². The number of carboxylic acid groups (broad SMARTS) is 1. The molecule has 3 N–H and O–H groups in total. The molecule has 0 saturated heterocycles. The number of carboxylic acids is 1. The Balaban J connectivity index is 2.20. The summed E-state index contributed by atoms with van der Waals surface area (Å²) in [7, 11) is 0. The molecule has 0 aliphatic rings. The molecule has 98 valence electrons. The van der Waals surface area contributed by atoms with Crippen molar-refractivity contribution in [2.75, 3.05) is 5.32 Å². The Morgan fingerprint density at radius 2 is 2.11 bits per heavy atom. The number of amides is 1. The molecule has 0 atom stereocenters. The smallest absolute Gasteiger partial charge is 0.353 e. The molecule has 0 saturated carbocycles. The number of aromatic carboxylic acids is 1. The highest BCUT2D eigenvalue weighted by Crippen LogP contribution is 2.17. The third-order valence-electron chi connectivity index (χ3n) is 2.49. The van der Waals surface area contributed by atoms with Crippen LogP contribution < -0.4 is 5.32 Å². The molecule has 19 heavy (non-hydrogen) atoms. The van der Waals surface area contributed by atoms with Crippen LogP contribution >= 0.6 is 11.6 Å². The van der Waals surface area contributed by atoms with Crippen LogP contribution in [0, 0.1) is 6.92 Å². The Kier molecular flexibility index (Phi) is 3.52. The number of aromatic amines is 1. The minimum atomic E-state index is -1.15. The van der Waals surface area contributed by atoms with E-state index in [1.807, 2.05) is 0 Å². The van der Waals surface area contributed by atoms with Gasteiger partial charge in [0.25, 0.3) is 5.91 Å². The van der Waals surface area contributed by atoms with Gasteiger partial charge in [0.1, 0.15) is 5.69 Å². The molecule has 1 heterocycles. The summed E-state index contributed by atoms with van der Waals surface area (Å²) in [5.74, 6) is -1.41. The lowest BCUT2D eigenvalue weighted by atomic mass is 10.1. The van der Waals surface area contributed by atoms with Gasteiger partial charge in [0.05, 0.1) is 0 Å². The summed E-state index contributed by atoms with van der Waals surface area (Å²) in [6.45, 7) is 1.78. The van der Waals surface area contributed by atoms with Crippen molar-refractivity contribution in [1.29, 1.82) is 0 Å². The van der Waals surface area contributed by atoms with Crippen molar-refractivity contribution < 1.29 is 14.7 Å². The van der Waals surface area contributed by atoms with E-state index in [9.17, 15) is 9.59 Å². The lowest BCUT2D eigenvalue weighted by Crippen LogP contribution is -2.13. The highest BCUT2D eigenvalue weighted by Gasteiger charge is 2.13. The van der Waals surface area contributed by atoms with Gasteiger partial charge >= 0.3 is 5.97 Å². The predicted octanol–water partition coefficient (Wildman–Crippen LogP) is 2.32. The van der Waals surface area contributed by atoms with Crippen molar-refractivity contribution in [3.8, 4) is 0 Å². The highest BCUT2D eigenvalue weighted by molar-refractivity contribution is 6.31. The summed E-state index contributed by atoms with van der Waals surface area (Å²) < 4.78 is 0. The van der Waals surface area contributed by atoms with E-state index in [4.69, 9.17) is 16.7 Å². The topological polar surface area (TPSA) is 95.1 Å². The van der Waals surface area contributed by atoms with Crippen LogP contribution in [0.1, 0.15) is 26.4 Å². The molecular formula is C12H10ClN3O3. The quantitative estimate of drug-likeness (QED) is 0.803. The SMILES string of the molecule is Cc1ccc(Cl)cc1C(=O)Nc1cc(C(=O)O)[nH]n1. The second-order valence-electron chi connectivity index (χ2n) is 3.89. The van der Waals surface area contributed by atoms with Crippen molar-refractivity contribution in [1.82, 2.24) is 10.2 Å². The maximum Gasteiger partial charge on any atom is 0.353 e. The first-order valence-electron chi connectivity index (χ1n) is 5.33. The van der Waals surface area contributed by atoms with Gasteiger partial charge in [-0.15, -0.1) is 0 Å². The molecule has 0 radical (unpaired) electrons. The summed E-state index contributed by atoms with van der Waals surface area (Å²) in [6, 6.07) is 6.19. The molecule has 0 aliphatic carbocycles. The van der Waals surface area contributed by atoms with E-state index in [0.717, 1.165) is 5.56 Å². The van der Waals surface area contributed by atoms with Crippen LogP contribution in [-0.2, 0) is 0 Å². The number of halogens is 1. The van der Waals surface area contributed by atoms with Crippen molar-refractivity contribution in [3.63, 3.8) is 0 Å². The highest BCUT2D eigenvalue weighted by atomic mass is 35.5. The third kappa shape index (κ3) is 2.92. The Morgan fingerprint density at radius 1 is 1.37 bits per heavy atom. The maximum absolute atomic E-state index is 12.0. The van der Waals surface area contributed by atoms with Crippen LogP contribution in [0.15, 0.2) is 24.3 Å². The van der Waals surface area contributed by atoms with Gasteiger partial charge in [-0.05, 0) is 24.6 Å². The van der Waals surface area contributed by atoms with Crippen LogP contribution in [0.2, 0.25) is 5.02 Å². The van der Waals surface area contributed by atoms with Crippen LogP contribution in [0.4, 0.5) is 5.82 Å². The number of aromatic nitrogens is 2. The molecule has 6 nitrogen and oxygen atoms in total. The fourth-order valence-electron chi connectivity index (χ4n) is 1.52. The molecule has 0 fully saturated rings. The fraction of sp³-hybridized carbons (Fsp3) is 0.0833. The molecule has 0 spiro atoms. The average Bonchev–Trinajstić information content (AvgIpc) is 2.80. The molecule has 0 aliphatic heterocycles. The summed E-state index contributed by atoms with van der Waals surface area (Å²) >= 11 is 5.83. The molecule has 7 heteroatoms. The minimum absolute atomic E-state index is 0.0990. The summed E-state index contributed by atoms with van der Waals surface area (Å²) in [5.41, 5.74) is 1.07. The molecule has 0 unspecified atom stereocenters. The minimum Gasteiger partial charge on any atom is -0.477 e.